The molecule has 0 aromatic heterocycles. The minimum absolute atomic E-state index is 0.329. The maximum Gasteiger partial charge on any atom is 0.0953 e. The molecule has 1 rings (SSSR count). The van der Waals surface area contributed by atoms with Gasteiger partial charge in [0.05, 0.1) is 5.76 Å². The van der Waals surface area contributed by atoms with E-state index in [2.05, 4.69) is 6.92 Å². The van der Waals surface area contributed by atoms with Gasteiger partial charge in [-0.2, -0.15) is 0 Å². The number of rotatable bonds is 0. The van der Waals surface area contributed by atoms with Crippen LogP contribution < -0.4 is 0 Å². The summed E-state index contributed by atoms with van der Waals surface area (Å²) in [5, 5.41) is 9.11. The lowest BCUT2D eigenvalue weighted by atomic mass is 9.95. The Hall–Kier alpha value is -0.720. The Kier molecular flexibility index (Phi) is 1.60. The van der Waals surface area contributed by atoms with Crippen LogP contribution in [0.4, 0.5) is 0 Å². The summed E-state index contributed by atoms with van der Waals surface area (Å²) in [6, 6.07) is 0. The summed E-state index contributed by atoms with van der Waals surface area (Å²) in [5.41, 5.74) is 1.35. The maximum atomic E-state index is 9.11. The van der Waals surface area contributed by atoms with Crippen LogP contribution in [0.5, 0.6) is 0 Å². The van der Waals surface area contributed by atoms with Crippen LogP contribution in [0.3, 0.4) is 0 Å². The highest BCUT2D eigenvalue weighted by Crippen LogP contribution is 2.21. The predicted octanol–water partition coefficient (Wildman–Crippen LogP) is 2.41. The molecule has 0 spiro atoms. The Morgan fingerprint density at radius 3 is 2.67 bits per heavy atom. The zero-order valence-corrected chi connectivity index (χ0v) is 5.89. The van der Waals surface area contributed by atoms with Gasteiger partial charge in [-0.05, 0) is 19.4 Å². The smallest absolute Gasteiger partial charge is 0.0953 e. The zero-order valence-electron chi connectivity index (χ0n) is 5.89. The molecule has 1 atom stereocenters. The van der Waals surface area contributed by atoms with Crippen molar-refractivity contribution < 1.29 is 5.11 Å². The molecule has 9 heavy (non-hydrogen) atoms. The molecule has 1 heteroatoms. The molecule has 1 aliphatic rings. The molecule has 0 fully saturated rings. The summed E-state index contributed by atoms with van der Waals surface area (Å²) in [6.07, 6.45) is 4.75. The van der Waals surface area contributed by atoms with Crippen LogP contribution >= 0.6 is 0 Å². The summed E-state index contributed by atoms with van der Waals surface area (Å²) in [5.74, 6) is 0.843. The van der Waals surface area contributed by atoms with E-state index in [-0.39, 0.29) is 0 Å². The number of hydrogen-bond acceptors (Lipinski definition) is 1. The van der Waals surface area contributed by atoms with E-state index in [1.165, 1.54) is 5.57 Å². The minimum atomic E-state index is 0.329. The van der Waals surface area contributed by atoms with Gasteiger partial charge in [-0.15, -0.1) is 0 Å². The van der Waals surface area contributed by atoms with Gasteiger partial charge in [-0.3, -0.25) is 0 Å². The first-order valence-electron chi connectivity index (χ1n) is 3.26. The fourth-order valence-corrected chi connectivity index (χ4v) is 1.05. The van der Waals surface area contributed by atoms with Crippen molar-refractivity contribution in [2.75, 3.05) is 0 Å². The van der Waals surface area contributed by atoms with E-state index in [1.54, 1.807) is 6.08 Å². The van der Waals surface area contributed by atoms with Gasteiger partial charge in [0.25, 0.3) is 0 Å². The fraction of sp³-hybridized carbons (Fsp3) is 0.500. The minimum Gasteiger partial charge on any atom is -0.512 e. The van der Waals surface area contributed by atoms with Crippen molar-refractivity contribution in [1.29, 1.82) is 0 Å². The number of aliphatic hydroxyl groups is 1. The normalized spacial score (nSPS) is 27.1. The summed E-state index contributed by atoms with van der Waals surface area (Å²) >= 11 is 0. The molecule has 1 nitrogen and oxygen atoms in total. The average molecular weight is 124 g/mol. The molecule has 0 bridgehead atoms. The first-order valence-corrected chi connectivity index (χ1v) is 3.26. The first-order chi connectivity index (χ1) is 4.20. The van der Waals surface area contributed by atoms with Gasteiger partial charge in [0.2, 0.25) is 0 Å². The number of allylic oxidation sites excluding steroid dienone is 4. The van der Waals surface area contributed by atoms with Crippen molar-refractivity contribution in [2.24, 2.45) is 5.92 Å². The van der Waals surface area contributed by atoms with Crippen LogP contribution in [-0.2, 0) is 0 Å². The molecule has 0 heterocycles. The molecule has 50 valence electrons. The molecule has 1 aliphatic carbocycles. The molecule has 1 N–H and O–H groups in total. The lowest BCUT2D eigenvalue weighted by Crippen LogP contribution is -2.02. The molecule has 0 saturated carbocycles. The second-order valence-corrected chi connectivity index (χ2v) is 2.71. The quantitative estimate of drug-likeness (QED) is 0.525. The van der Waals surface area contributed by atoms with Crippen molar-refractivity contribution >= 4 is 0 Å². The Morgan fingerprint density at radius 2 is 2.22 bits per heavy atom. The molecule has 1 unspecified atom stereocenters. The van der Waals surface area contributed by atoms with Crippen LogP contribution in [-0.4, -0.2) is 5.11 Å². The standard InChI is InChI=1S/C8H12O/c1-6-3-4-8(9)7(2)5-6/h3-4,7,9H,5H2,1-2H3. The lowest BCUT2D eigenvalue weighted by molar-refractivity contribution is 0.336. The number of aliphatic hydroxyl groups excluding tert-OH is 1. The second kappa shape index (κ2) is 2.26. The molecule has 0 saturated heterocycles. The van der Waals surface area contributed by atoms with Gasteiger partial charge in [0.1, 0.15) is 0 Å². The SMILES string of the molecule is CC1=CC=C(O)C(C)C1. The predicted molar refractivity (Wildman–Crippen MR) is 38.2 cm³/mol. The molecular weight excluding hydrogens is 112 g/mol. The summed E-state index contributed by atoms with van der Waals surface area (Å²) < 4.78 is 0. The summed E-state index contributed by atoms with van der Waals surface area (Å²) in [7, 11) is 0. The van der Waals surface area contributed by atoms with Gasteiger partial charge in [-0.25, -0.2) is 0 Å². The molecule has 0 aromatic rings. The Balaban J connectivity index is 2.74. The summed E-state index contributed by atoms with van der Waals surface area (Å²) in [4.78, 5) is 0. The molecule has 0 radical (unpaired) electrons. The van der Waals surface area contributed by atoms with E-state index < -0.39 is 0 Å². The highest BCUT2D eigenvalue weighted by molar-refractivity contribution is 5.20. The molecule has 0 amide bonds. The molecule has 0 aromatic carbocycles. The highest BCUT2D eigenvalue weighted by Gasteiger charge is 2.10. The van der Waals surface area contributed by atoms with Crippen LogP contribution in [0.1, 0.15) is 20.3 Å². The van der Waals surface area contributed by atoms with Crippen molar-refractivity contribution in [1.82, 2.24) is 0 Å². The third-order valence-corrected chi connectivity index (χ3v) is 1.67. The van der Waals surface area contributed by atoms with Gasteiger partial charge in [0.15, 0.2) is 0 Å². The van der Waals surface area contributed by atoms with Gasteiger partial charge >= 0.3 is 0 Å². The van der Waals surface area contributed by atoms with Gasteiger partial charge in [-0.1, -0.05) is 18.6 Å². The third kappa shape index (κ3) is 1.35. The maximum absolute atomic E-state index is 9.11. The van der Waals surface area contributed by atoms with Crippen molar-refractivity contribution in [2.45, 2.75) is 20.3 Å². The van der Waals surface area contributed by atoms with E-state index in [1.807, 2.05) is 13.0 Å². The van der Waals surface area contributed by atoms with Crippen LogP contribution in [0, 0.1) is 5.92 Å². The highest BCUT2D eigenvalue weighted by atomic mass is 16.3. The van der Waals surface area contributed by atoms with Crippen LogP contribution in [0.25, 0.3) is 0 Å². The van der Waals surface area contributed by atoms with Crippen LogP contribution in [0.15, 0.2) is 23.5 Å². The van der Waals surface area contributed by atoms with E-state index in [0.29, 0.717) is 11.7 Å². The zero-order chi connectivity index (χ0) is 6.85. The average Bonchev–Trinajstić information content (AvgIpc) is 1.80. The first kappa shape index (κ1) is 6.40. The second-order valence-electron chi connectivity index (χ2n) is 2.71. The van der Waals surface area contributed by atoms with Crippen LogP contribution in [0.2, 0.25) is 0 Å². The topological polar surface area (TPSA) is 20.2 Å². The monoisotopic (exact) mass is 124 g/mol. The molecular formula is C8H12O. The third-order valence-electron chi connectivity index (χ3n) is 1.67. The fourth-order valence-electron chi connectivity index (χ4n) is 1.05. The van der Waals surface area contributed by atoms with E-state index in [0.717, 1.165) is 6.42 Å². The summed E-state index contributed by atoms with van der Waals surface area (Å²) in [6.45, 7) is 4.11. The lowest BCUT2D eigenvalue weighted by Gasteiger charge is -2.14. The van der Waals surface area contributed by atoms with Crippen molar-refractivity contribution in [3.63, 3.8) is 0 Å². The van der Waals surface area contributed by atoms with Crippen molar-refractivity contribution in [3.8, 4) is 0 Å². The Bertz CT molecular complexity index is 165. The number of hydrogen-bond donors (Lipinski definition) is 1. The van der Waals surface area contributed by atoms with E-state index >= 15 is 0 Å². The Morgan fingerprint density at radius 1 is 1.56 bits per heavy atom. The van der Waals surface area contributed by atoms with E-state index in [4.69, 9.17) is 5.11 Å². The van der Waals surface area contributed by atoms with E-state index in [9.17, 15) is 0 Å². The van der Waals surface area contributed by atoms with Gasteiger partial charge in [0, 0.05) is 5.92 Å². The Labute approximate surface area is 55.7 Å². The molecule has 0 aliphatic heterocycles. The van der Waals surface area contributed by atoms with Crippen molar-refractivity contribution in [3.05, 3.63) is 23.5 Å². The van der Waals surface area contributed by atoms with Gasteiger partial charge < -0.3 is 5.11 Å². The largest absolute Gasteiger partial charge is 0.512 e.